The van der Waals surface area contributed by atoms with E-state index in [9.17, 15) is 13.8 Å². The molecule has 0 heterocycles. The minimum atomic E-state index is -1.32. The third-order valence-corrected chi connectivity index (χ3v) is 4.73. The number of rotatable bonds is 6. The van der Waals surface area contributed by atoms with Crippen LogP contribution in [0, 0.1) is 6.92 Å². The molecule has 1 amide bonds. The number of ether oxygens (including phenoxy) is 1. The van der Waals surface area contributed by atoms with Crippen LogP contribution < -0.4 is 5.32 Å². The fraction of sp³-hybridized carbons (Fsp3) is 0.263. The van der Waals surface area contributed by atoms with Gasteiger partial charge in [-0.3, -0.25) is 9.00 Å². The second kappa shape index (κ2) is 8.58. The van der Waals surface area contributed by atoms with Gasteiger partial charge in [-0.25, -0.2) is 4.79 Å². The summed E-state index contributed by atoms with van der Waals surface area (Å²) in [6.45, 7) is 3.51. The molecule has 0 aromatic heterocycles. The highest BCUT2D eigenvalue weighted by atomic mass is 32.2. The molecule has 132 valence electrons. The summed E-state index contributed by atoms with van der Waals surface area (Å²) >= 11 is 0. The number of esters is 1. The van der Waals surface area contributed by atoms with Crippen LogP contribution >= 0.6 is 0 Å². The lowest BCUT2D eigenvalue weighted by atomic mass is 10.1. The predicted molar refractivity (Wildman–Crippen MR) is 98.2 cm³/mol. The molecule has 0 aliphatic rings. The zero-order valence-electron chi connectivity index (χ0n) is 14.5. The Balaban J connectivity index is 2.04. The van der Waals surface area contributed by atoms with E-state index in [1.807, 2.05) is 32.0 Å². The molecule has 25 heavy (non-hydrogen) atoms. The lowest BCUT2D eigenvalue weighted by Gasteiger charge is -2.13. The van der Waals surface area contributed by atoms with E-state index in [1.165, 1.54) is 12.3 Å². The first-order chi connectivity index (χ1) is 11.9. The van der Waals surface area contributed by atoms with Crippen molar-refractivity contribution in [3.63, 3.8) is 0 Å². The van der Waals surface area contributed by atoms with Gasteiger partial charge in [-0.15, -0.1) is 0 Å². The number of anilines is 1. The average Bonchev–Trinajstić information content (AvgIpc) is 2.61. The van der Waals surface area contributed by atoms with Crippen LogP contribution in [-0.2, 0) is 26.8 Å². The van der Waals surface area contributed by atoms with Crippen molar-refractivity contribution in [1.82, 2.24) is 0 Å². The van der Waals surface area contributed by atoms with Crippen molar-refractivity contribution in [2.75, 3.05) is 18.2 Å². The second-order valence-electron chi connectivity index (χ2n) is 5.54. The molecule has 5 nitrogen and oxygen atoms in total. The zero-order valence-corrected chi connectivity index (χ0v) is 15.3. The maximum Gasteiger partial charge on any atom is 0.339 e. The zero-order chi connectivity index (χ0) is 18.4. The van der Waals surface area contributed by atoms with Crippen LogP contribution in [0.4, 0.5) is 5.69 Å². The van der Waals surface area contributed by atoms with Gasteiger partial charge in [-0.2, -0.15) is 0 Å². The molecule has 0 aliphatic carbocycles. The van der Waals surface area contributed by atoms with Crippen molar-refractivity contribution in [3.05, 3.63) is 59.2 Å². The van der Waals surface area contributed by atoms with E-state index in [2.05, 4.69) is 5.32 Å². The summed E-state index contributed by atoms with van der Waals surface area (Å²) in [7, 11) is -1.32. The van der Waals surface area contributed by atoms with Crippen molar-refractivity contribution in [2.24, 2.45) is 0 Å². The number of aryl methyl sites for hydroxylation is 2. The fourth-order valence-electron chi connectivity index (χ4n) is 2.47. The van der Waals surface area contributed by atoms with Crippen LogP contribution in [0.3, 0.4) is 0 Å². The molecule has 2 aromatic carbocycles. The minimum Gasteiger partial charge on any atom is -0.452 e. The van der Waals surface area contributed by atoms with Gasteiger partial charge in [0.2, 0.25) is 0 Å². The van der Waals surface area contributed by atoms with E-state index in [0.717, 1.165) is 23.2 Å². The molecule has 0 aliphatic heterocycles. The van der Waals surface area contributed by atoms with E-state index in [0.29, 0.717) is 4.90 Å². The number of nitrogens with one attached hydrogen (secondary N) is 1. The molecular formula is C19H21NO4S. The maximum atomic E-state index is 12.2. The van der Waals surface area contributed by atoms with Crippen molar-refractivity contribution in [3.8, 4) is 0 Å². The number of hydrogen-bond acceptors (Lipinski definition) is 4. The summed E-state index contributed by atoms with van der Waals surface area (Å²) in [5.41, 5.74) is 2.93. The molecule has 0 fully saturated rings. The highest BCUT2D eigenvalue weighted by molar-refractivity contribution is 7.84. The summed E-state index contributed by atoms with van der Waals surface area (Å²) in [4.78, 5) is 24.7. The second-order valence-corrected chi connectivity index (χ2v) is 6.89. The predicted octanol–water partition coefficient (Wildman–Crippen LogP) is 3.09. The van der Waals surface area contributed by atoms with E-state index in [-0.39, 0.29) is 5.56 Å². The van der Waals surface area contributed by atoms with Gasteiger partial charge in [-0.05, 0) is 36.6 Å². The van der Waals surface area contributed by atoms with Gasteiger partial charge in [0.15, 0.2) is 6.61 Å². The summed E-state index contributed by atoms with van der Waals surface area (Å²) in [6.07, 6.45) is 2.27. The Morgan fingerprint density at radius 3 is 2.52 bits per heavy atom. The summed E-state index contributed by atoms with van der Waals surface area (Å²) < 4.78 is 16.8. The molecule has 0 spiro atoms. The molecule has 0 unspecified atom stereocenters. The Labute approximate surface area is 149 Å². The number of carbonyl (C=O) groups is 2. The topological polar surface area (TPSA) is 72.5 Å². The van der Waals surface area contributed by atoms with Gasteiger partial charge in [0.1, 0.15) is 0 Å². The van der Waals surface area contributed by atoms with Gasteiger partial charge in [-0.1, -0.05) is 37.3 Å². The Bertz CT molecular complexity index is 817. The van der Waals surface area contributed by atoms with Gasteiger partial charge in [0.05, 0.1) is 21.3 Å². The monoisotopic (exact) mass is 359 g/mol. The third-order valence-electron chi connectivity index (χ3n) is 3.76. The van der Waals surface area contributed by atoms with Crippen LogP contribution in [-0.4, -0.2) is 28.9 Å². The average molecular weight is 359 g/mol. The number of amides is 1. The lowest BCUT2D eigenvalue weighted by Crippen LogP contribution is -2.22. The van der Waals surface area contributed by atoms with Crippen molar-refractivity contribution < 1.29 is 18.5 Å². The van der Waals surface area contributed by atoms with Crippen LogP contribution in [0.25, 0.3) is 0 Å². The molecule has 6 heteroatoms. The maximum absolute atomic E-state index is 12.2. The molecule has 0 saturated carbocycles. The standard InChI is InChI=1S/C19H21NO4S/c1-4-14-9-7-8-13(2)18(14)20-17(21)12-24-19(22)15-10-5-6-11-16(15)25(3)23/h5-11H,4,12H2,1-3H3,(H,20,21)/t25-/m1/s1. The van der Waals surface area contributed by atoms with E-state index in [1.54, 1.807) is 18.2 Å². The molecule has 0 saturated heterocycles. The van der Waals surface area contributed by atoms with Crippen LogP contribution in [0.15, 0.2) is 47.4 Å². The van der Waals surface area contributed by atoms with Crippen LogP contribution in [0.5, 0.6) is 0 Å². The van der Waals surface area contributed by atoms with E-state index in [4.69, 9.17) is 4.74 Å². The highest BCUT2D eigenvalue weighted by Crippen LogP contribution is 2.21. The number of para-hydroxylation sites is 1. The number of carbonyl (C=O) groups excluding carboxylic acids is 2. The van der Waals surface area contributed by atoms with E-state index < -0.39 is 29.3 Å². The summed E-state index contributed by atoms with van der Waals surface area (Å²) in [6, 6.07) is 12.3. The highest BCUT2D eigenvalue weighted by Gasteiger charge is 2.16. The Morgan fingerprint density at radius 1 is 1.12 bits per heavy atom. The summed E-state index contributed by atoms with van der Waals surface area (Å²) in [5.74, 6) is -1.08. The molecule has 2 aromatic rings. The first-order valence-electron chi connectivity index (χ1n) is 7.92. The Kier molecular flexibility index (Phi) is 6.47. The van der Waals surface area contributed by atoms with Crippen molar-refractivity contribution in [2.45, 2.75) is 25.2 Å². The first-order valence-corrected chi connectivity index (χ1v) is 9.47. The van der Waals surface area contributed by atoms with Crippen molar-refractivity contribution >= 4 is 28.4 Å². The normalized spacial score (nSPS) is 11.6. The molecule has 0 bridgehead atoms. The molecule has 2 rings (SSSR count). The summed E-state index contributed by atoms with van der Waals surface area (Å²) in [5, 5.41) is 2.80. The smallest absolute Gasteiger partial charge is 0.339 e. The molecule has 0 radical (unpaired) electrons. The molecule has 1 N–H and O–H groups in total. The Hall–Kier alpha value is -2.47. The SMILES string of the molecule is CCc1cccc(C)c1NC(=O)COC(=O)c1ccccc1[S@@](C)=O. The number of hydrogen-bond donors (Lipinski definition) is 1. The van der Waals surface area contributed by atoms with Crippen molar-refractivity contribution in [1.29, 1.82) is 0 Å². The van der Waals surface area contributed by atoms with Gasteiger partial charge in [0, 0.05) is 11.9 Å². The Morgan fingerprint density at radius 2 is 1.84 bits per heavy atom. The van der Waals surface area contributed by atoms with E-state index >= 15 is 0 Å². The van der Waals surface area contributed by atoms with Gasteiger partial charge >= 0.3 is 5.97 Å². The third kappa shape index (κ3) is 4.76. The van der Waals surface area contributed by atoms with Crippen LogP contribution in [0.1, 0.15) is 28.4 Å². The first kappa shape index (κ1) is 18.9. The van der Waals surface area contributed by atoms with Gasteiger partial charge in [0.25, 0.3) is 5.91 Å². The lowest BCUT2D eigenvalue weighted by molar-refractivity contribution is -0.119. The van der Waals surface area contributed by atoms with Crippen LogP contribution in [0.2, 0.25) is 0 Å². The molecular weight excluding hydrogens is 338 g/mol. The van der Waals surface area contributed by atoms with Gasteiger partial charge < -0.3 is 10.1 Å². The quantitative estimate of drug-likeness (QED) is 0.805. The molecule has 1 atom stereocenters. The minimum absolute atomic E-state index is 0.210. The fourth-order valence-corrected chi connectivity index (χ4v) is 3.20. The largest absolute Gasteiger partial charge is 0.452 e. The number of benzene rings is 2.